The lowest BCUT2D eigenvalue weighted by atomic mass is 10.1. The van der Waals surface area contributed by atoms with Crippen molar-refractivity contribution in [3.8, 4) is 0 Å². The summed E-state index contributed by atoms with van der Waals surface area (Å²) in [5, 5.41) is 7.00. The number of hydrogen-bond acceptors (Lipinski definition) is 3. The van der Waals surface area contributed by atoms with Crippen LogP contribution in [0.4, 0.5) is 5.69 Å². The number of anilines is 1. The summed E-state index contributed by atoms with van der Waals surface area (Å²) in [6.45, 7) is 2.96. The predicted molar refractivity (Wildman–Crippen MR) is 68.9 cm³/mol. The lowest BCUT2D eigenvalue weighted by Gasteiger charge is -2.05. The van der Waals surface area contributed by atoms with E-state index in [0.717, 1.165) is 17.8 Å². The first kappa shape index (κ1) is 11.7. The SMILES string of the molecule is CCCCc1ccc(NCc2cnoc2)cc1. The maximum atomic E-state index is 4.78. The third-order valence-electron chi connectivity index (χ3n) is 2.75. The molecule has 3 heteroatoms. The first-order valence-electron chi connectivity index (χ1n) is 6.09. The zero-order valence-corrected chi connectivity index (χ0v) is 10.1. The molecule has 0 spiro atoms. The van der Waals surface area contributed by atoms with Gasteiger partial charge in [-0.25, -0.2) is 0 Å². The third kappa shape index (κ3) is 3.63. The van der Waals surface area contributed by atoms with E-state index in [-0.39, 0.29) is 0 Å². The van der Waals surface area contributed by atoms with Crippen LogP contribution >= 0.6 is 0 Å². The average Bonchev–Trinajstić information content (AvgIpc) is 2.88. The molecule has 3 nitrogen and oxygen atoms in total. The molecule has 0 radical (unpaired) electrons. The van der Waals surface area contributed by atoms with Gasteiger partial charge in [0.1, 0.15) is 6.26 Å². The van der Waals surface area contributed by atoms with E-state index < -0.39 is 0 Å². The molecule has 0 bridgehead atoms. The highest BCUT2D eigenvalue weighted by Gasteiger charge is 1.97. The van der Waals surface area contributed by atoms with Gasteiger partial charge in [0, 0.05) is 17.8 Å². The molecule has 17 heavy (non-hydrogen) atoms. The lowest BCUT2D eigenvalue weighted by molar-refractivity contribution is 0.419. The number of hydrogen-bond donors (Lipinski definition) is 1. The Balaban J connectivity index is 1.85. The van der Waals surface area contributed by atoms with Crippen molar-refractivity contribution in [1.29, 1.82) is 0 Å². The van der Waals surface area contributed by atoms with Gasteiger partial charge in [0.15, 0.2) is 0 Å². The second-order valence-corrected chi connectivity index (χ2v) is 4.19. The molecule has 0 aliphatic heterocycles. The van der Waals surface area contributed by atoms with Gasteiger partial charge in [-0.15, -0.1) is 0 Å². The Hall–Kier alpha value is -1.77. The first-order chi connectivity index (χ1) is 8.38. The van der Waals surface area contributed by atoms with Crippen molar-refractivity contribution in [1.82, 2.24) is 5.16 Å². The first-order valence-corrected chi connectivity index (χ1v) is 6.09. The molecule has 1 aromatic carbocycles. The molecule has 1 N–H and O–H groups in total. The molecule has 0 fully saturated rings. The lowest BCUT2D eigenvalue weighted by Crippen LogP contribution is -1.98. The minimum Gasteiger partial charge on any atom is -0.381 e. The van der Waals surface area contributed by atoms with E-state index >= 15 is 0 Å². The largest absolute Gasteiger partial charge is 0.381 e. The third-order valence-corrected chi connectivity index (χ3v) is 2.75. The van der Waals surface area contributed by atoms with E-state index in [9.17, 15) is 0 Å². The van der Waals surface area contributed by atoms with Crippen molar-refractivity contribution >= 4 is 5.69 Å². The Bertz CT molecular complexity index is 420. The second-order valence-electron chi connectivity index (χ2n) is 4.19. The summed E-state index contributed by atoms with van der Waals surface area (Å²) in [5.74, 6) is 0. The predicted octanol–water partition coefficient (Wildman–Crippen LogP) is 3.63. The molecule has 2 aromatic rings. The van der Waals surface area contributed by atoms with Crippen LogP contribution in [0.2, 0.25) is 0 Å². The molecule has 0 aliphatic rings. The minimum absolute atomic E-state index is 0.748. The van der Waals surface area contributed by atoms with Crippen LogP contribution in [-0.2, 0) is 13.0 Å². The number of rotatable bonds is 6. The summed E-state index contributed by atoms with van der Waals surface area (Å²) in [5.41, 5.74) is 3.59. The molecule has 0 saturated carbocycles. The van der Waals surface area contributed by atoms with Crippen molar-refractivity contribution in [3.63, 3.8) is 0 Å². The van der Waals surface area contributed by atoms with Crippen LogP contribution in [-0.4, -0.2) is 5.16 Å². The molecule has 0 saturated heterocycles. The van der Waals surface area contributed by atoms with Crippen molar-refractivity contribution in [3.05, 3.63) is 47.9 Å². The molecule has 1 heterocycles. The van der Waals surface area contributed by atoms with Crippen LogP contribution in [0.15, 0.2) is 41.2 Å². The smallest absolute Gasteiger partial charge is 0.128 e. The van der Waals surface area contributed by atoms with Crippen LogP contribution in [0.3, 0.4) is 0 Å². The molecule has 90 valence electrons. The summed E-state index contributed by atoms with van der Waals surface area (Å²) in [7, 11) is 0. The van der Waals surface area contributed by atoms with E-state index in [0.29, 0.717) is 0 Å². The van der Waals surface area contributed by atoms with Crippen LogP contribution in [0.1, 0.15) is 30.9 Å². The number of benzene rings is 1. The molecule has 0 unspecified atom stereocenters. The van der Waals surface area contributed by atoms with E-state index in [1.807, 2.05) is 0 Å². The van der Waals surface area contributed by atoms with Gasteiger partial charge in [-0.05, 0) is 30.5 Å². The molecule has 1 aromatic heterocycles. The molecular formula is C14H18N2O. The van der Waals surface area contributed by atoms with Gasteiger partial charge >= 0.3 is 0 Å². The summed E-state index contributed by atoms with van der Waals surface area (Å²) in [4.78, 5) is 0. The number of aromatic nitrogens is 1. The Morgan fingerprint density at radius 2 is 2.00 bits per heavy atom. The van der Waals surface area contributed by atoms with Gasteiger partial charge in [-0.2, -0.15) is 0 Å². The van der Waals surface area contributed by atoms with Crippen LogP contribution < -0.4 is 5.32 Å². The fourth-order valence-electron chi connectivity index (χ4n) is 1.69. The average molecular weight is 230 g/mol. The van der Waals surface area contributed by atoms with Gasteiger partial charge in [0.2, 0.25) is 0 Å². The molecule has 0 amide bonds. The van der Waals surface area contributed by atoms with E-state index in [1.165, 1.54) is 24.8 Å². The van der Waals surface area contributed by atoms with Crippen LogP contribution in [0.5, 0.6) is 0 Å². The maximum Gasteiger partial charge on any atom is 0.128 e. The highest BCUT2D eigenvalue weighted by molar-refractivity contribution is 5.44. The molecule has 2 rings (SSSR count). The summed E-state index contributed by atoms with van der Waals surface area (Å²) in [6, 6.07) is 8.62. The van der Waals surface area contributed by atoms with Gasteiger partial charge < -0.3 is 9.84 Å². The van der Waals surface area contributed by atoms with E-state index in [2.05, 4.69) is 41.7 Å². The molecule has 0 atom stereocenters. The van der Waals surface area contributed by atoms with E-state index in [1.54, 1.807) is 12.5 Å². The highest BCUT2D eigenvalue weighted by atomic mass is 16.5. The van der Waals surface area contributed by atoms with Gasteiger partial charge in [0.05, 0.1) is 6.20 Å². The summed E-state index contributed by atoms with van der Waals surface area (Å²) in [6.07, 6.45) is 7.05. The zero-order chi connectivity index (χ0) is 11.9. The Kier molecular flexibility index (Phi) is 4.19. The highest BCUT2D eigenvalue weighted by Crippen LogP contribution is 2.12. The van der Waals surface area contributed by atoms with Gasteiger partial charge in [-0.1, -0.05) is 30.6 Å². The maximum absolute atomic E-state index is 4.78. The number of unbranched alkanes of at least 4 members (excludes halogenated alkanes) is 1. The van der Waals surface area contributed by atoms with Crippen LogP contribution in [0, 0.1) is 0 Å². The van der Waals surface area contributed by atoms with Crippen molar-refractivity contribution < 1.29 is 4.52 Å². The van der Waals surface area contributed by atoms with Crippen molar-refractivity contribution in [2.24, 2.45) is 0 Å². The summed E-state index contributed by atoms with van der Waals surface area (Å²) < 4.78 is 4.78. The van der Waals surface area contributed by atoms with Crippen molar-refractivity contribution in [2.45, 2.75) is 32.7 Å². The molecule has 0 aliphatic carbocycles. The van der Waals surface area contributed by atoms with E-state index in [4.69, 9.17) is 4.52 Å². The molecular weight excluding hydrogens is 212 g/mol. The number of nitrogens with one attached hydrogen (secondary N) is 1. The zero-order valence-electron chi connectivity index (χ0n) is 10.1. The van der Waals surface area contributed by atoms with Crippen molar-refractivity contribution in [2.75, 3.05) is 5.32 Å². The number of aryl methyl sites for hydroxylation is 1. The Labute approximate surface area is 102 Å². The quantitative estimate of drug-likeness (QED) is 0.823. The number of nitrogens with zero attached hydrogens (tertiary/aromatic N) is 1. The van der Waals surface area contributed by atoms with Gasteiger partial charge in [-0.3, -0.25) is 0 Å². The standard InChI is InChI=1S/C14H18N2O/c1-2-3-4-12-5-7-14(8-6-12)15-9-13-10-16-17-11-13/h5-8,10-11,15H,2-4,9H2,1H3. The fourth-order valence-corrected chi connectivity index (χ4v) is 1.69. The normalized spacial score (nSPS) is 10.4. The fraction of sp³-hybridized carbons (Fsp3) is 0.357. The summed E-state index contributed by atoms with van der Waals surface area (Å²) >= 11 is 0. The minimum atomic E-state index is 0.748. The Morgan fingerprint density at radius 1 is 1.18 bits per heavy atom. The Morgan fingerprint density at radius 3 is 2.65 bits per heavy atom. The topological polar surface area (TPSA) is 38.1 Å². The monoisotopic (exact) mass is 230 g/mol. The van der Waals surface area contributed by atoms with Crippen LogP contribution in [0.25, 0.3) is 0 Å². The van der Waals surface area contributed by atoms with Gasteiger partial charge in [0.25, 0.3) is 0 Å². The second kappa shape index (κ2) is 6.09.